The number of pyridine rings is 1. The third kappa shape index (κ3) is 5.91. The Balaban J connectivity index is 1.60. The van der Waals surface area contributed by atoms with Gasteiger partial charge in [0.05, 0.1) is 19.8 Å². The fourth-order valence-electron chi connectivity index (χ4n) is 5.00. The normalized spacial score (nSPS) is 15.4. The number of morpholine rings is 1. The first-order valence-electron chi connectivity index (χ1n) is 13.7. The molecule has 1 saturated carbocycles. The second kappa shape index (κ2) is 11.9. The minimum Gasteiger partial charge on any atom is -0.461 e. The van der Waals surface area contributed by atoms with Gasteiger partial charge in [-0.1, -0.05) is 18.6 Å². The van der Waals surface area contributed by atoms with Crippen LogP contribution >= 0.6 is 0 Å². The Kier molecular flexibility index (Phi) is 8.12. The molecule has 2 aromatic carbocycles. The van der Waals surface area contributed by atoms with Crippen molar-refractivity contribution in [2.24, 2.45) is 5.92 Å². The number of carbonyl (C=O) groups excluding carboxylic acids is 1. The molecule has 0 amide bonds. The SMILES string of the molecule is CCOC(=O)c1cc(-c2ccc(N3CCOCC3)cc2)c(C(=N)C2CCC2)c(Nc2ccc(N(C)C)cc2)n1. The van der Waals surface area contributed by atoms with Crippen LogP contribution in [-0.2, 0) is 9.47 Å². The van der Waals surface area contributed by atoms with Gasteiger partial charge >= 0.3 is 5.97 Å². The zero-order chi connectivity index (χ0) is 27.4. The van der Waals surface area contributed by atoms with Crippen molar-refractivity contribution in [3.05, 3.63) is 65.9 Å². The van der Waals surface area contributed by atoms with Gasteiger partial charge in [0.15, 0.2) is 5.69 Å². The predicted octanol–water partition coefficient (Wildman–Crippen LogP) is 5.74. The van der Waals surface area contributed by atoms with E-state index in [0.717, 1.165) is 79.3 Å². The number of rotatable bonds is 9. The number of hydrogen-bond acceptors (Lipinski definition) is 8. The summed E-state index contributed by atoms with van der Waals surface area (Å²) in [5, 5.41) is 12.6. The Labute approximate surface area is 230 Å². The predicted molar refractivity (Wildman–Crippen MR) is 157 cm³/mol. The average Bonchev–Trinajstić information content (AvgIpc) is 2.92. The molecule has 1 aliphatic heterocycles. The van der Waals surface area contributed by atoms with E-state index in [4.69, 9.17) is 14.5 Å². The lowest BCUT2D eigenvalue weighted by Gasteiger charge is -2.30. The maximum Gasteiger partial charge on any atom is 0.357 e. The highest BCUT2D eigenvalue weighted by Gasteiger charge is 2.29. The van der Waals surface area contributed by atoms with Crippen molar-refractivity contribution in [3.8, 4) is 11.1 Å². The van der Waals surface area contributed by atoms with E-state index in [1.807, 2.05) is 43.3 Å². The minimum absolute atomic E-state index is 0.184. The molecule has 8 nitrogen and oxygen atoms in total. The van der Waals surface area contributed by atoms with Gasteiger partial charge in [-0.25, -0.2) is 9.78 Å². The topological polar surface area (TPSA) is 90.8 Å². The van der Waals surface area contributed by atoms with Crippen molar-refractivity contribution in [1.82, 2.24) is 4.98 Å². The number of ether oxygens (including phenoxy) is 2. The number of benzene rings is 2. The molecule has 0 bridgehead atoms. The molecule has 0 spiro atoms. The first-order valence-corrected chi connectivity index (χ1v) is 13.7. The van der Waals surface area contributed by atoms with Crippen LogP contribution in [0, 0.1) is 11.3 Å². The summed E-state index contributed by atoms with van der Waals surface area (Å²) in [4.78, 5) is 22.0. The smallest absolute Gasteiger partial charge is 0.357 e. The summed E-state index contributed by atoms with van der Waals surface area (Å²) in [5.74, 6) is 0.210. The lowest BCUT2D eigenvalue weighted by molar-refractivity contribution is 0.0519. The molecule has 204 valence electrons. The maximum absolute atomic E-state index is 12.9. The van der Waals surface area contributed by atoms with Crippen molar-refractivity contribution in [1.29, 1.82) is 5.41 Å². The molecule has 8 heteroatoms. The van der Waals surface area contributed by atoms with Gasteiger partial charge in [0.2, 0.25) is 0 Å². The van der Waals surface area contributed by atoms with Crippen molar-refractivity contribution in [2.45, 2.75) is 26.2 Å². The molecule has 0 unspecified atom stereocenters. The summed E-state index contributed by atoms with van der Waals surface area (Å²) < 4.78 is 10.8. The second-order valence-corrected chi connectivity index (χ2v) is 10.3. The zero-order valence-electron chi connectivity index (χ0n) is 23.0. The van der Waals surface area contributed by atoms with Gasteiger partial charge in [0.1, 0.15) is 5.82 Å². The molecular weight excluding hydrogens is 490 g/mol. The Bertz CT molecular complexity index is 1310. The van der Waals surface area contributed by atoms with E-state index < -0.39 is 5.97 Å². The lowest BCUT2D eigenvalue weighted by Crippen LogP contribution is -2.36. The molecule has 0 radical (unpaired) electrons. The third-order valence-corrected chi connectivity index (χ3v) is 7.49. The summed E-state index contributed by atoms with van der Waals surface area (Å²) in [6, 6.07) is 18.2. The first kappa shape index (κ1) is 26.7. The zero-order valence-corrected chi connectivity index (χ0v) is 23.0. The molecule has 3 aromatic rings. The van der Waals surface area contributed by atoms with Crippen LogP contribution in [0.4, 0.5) is 22.9 Å². The van der Waals surface area contributed by atoms with E-state index in [1.165, 1.54) is 0 Å². The number of nitrogens with zero attached hydrogens (tertiary/aromatic N) is 3. The Morgan fingerprint density at radius 2 is 1.79 bits per heavy atom. The summed E-state index contributed by atoms with van der Waals surface area (Å²) in [6.07, 6.45) is 3.11. The lowest BCUT2D eigenvalue weighted by atomic mass is 9.78. The third-order valence-electron chi connectivity index (χ3n) is 7.49. The molecule has 2 fully saturated rings. The van der Waals surface area contributed by atoms with E-state index >= 15 is 0 Å². The van der Waals surface area contributed by atoms with Crippen molar-refractivity contribution >= 4 is 34.6 Å². The molecule has 1 saturated heterocycles. The minimum atomic E-state index is -0.476. The largest absolute Gasteiger partial charge is 0.461 e. The fourth-order valence-corrected chi connectivity index (χ4v) is 5.00. The van der Waals surface area contributed by atoms with E-state index in [2.05, 4.69) is 34.5 Å². The maximum atomic E-state index is 12.9. The van der Waals surface area contributed by atoms with Gasteiger partial charge in [-0.15, -0.1) is 0 Å². The Morgan fingerprint density at radius 1 is 1.10 bits per heavy atom. The van der Waals surface area contributed by atoms with Crippen LogP contribution in [0.15, 0.2) is 54.6 Å². The molecule has 2 N–H and O–H groups in total. The molecule has 2 aliphatic rings. The Morgan fingerprint density at radius 3 is 2.38 bits per heavy atom. The van der Waals surface area contributed by atoms with Gasteiger partial charge in [-0.05, 0) is 73.4 Å². The standard InChI is InChI=1S/C31H37N5O3/c1-4-39-31(37)27-20-26(21-8-12-25(13-9-21)36-16-18-38-19-17-36)28(29(32)22-6-5-7-22)30(34-27)33-23-10-14-24(15-11-23)35(2)3/h8-15,20,22,32H,4-7,16-19H2,1-3H3,(H,33,34). The molecule has 39 heavy (non-hydrogen) atoms. The average molecular weight is 528 g/mol. The molecule has 0 atom stereocenters. The monoisotopic (exact) mass is 527 g/mol. The van der Waals surface area contributed by atoms with Gasteiger partial charge in [0, 0.05) is 61.4 Å². The first-order chi connectivity index (χ1) is 18.9. The summed E-state index contributed by atoms with van der Waals surface area (Å²) >= 11 is 0. The molecule has 1 aromatic heterocycles. The number of esters is 1. The highest BCUT2D eigenvalue weighted by molar-refractivity contribution is 6.11. The molecule has 5 rings (SSSR count). The van der Waals surface area contributed by atoms with Crippen LogP contribution in [0.3, 0.4) is 0 Å². The molecule has 2 heterocycles. The highest BCUT2D eigenvalue weighted by atomic mass is 16.5. The summed E-state index contributed by atoms with van der Waals surface area (Å²) in [6.45, 7) is 5.22. The van der Waals surface area contributed by atoms with Crippen molar-refractivity contribution in [3.63, 3.8) is 0 Å². The van der Waals surface area contributed by atoms with Crippen LogP contribution in [0.5, 0.6) is 0 Å². The van der Waals surface area contributed by atoms with Gasteiger partial charge < -0.3 is 30.0 Å². The van der Waals surface area contributed by atoms with Crippen LogP contribution in [0.1, 0.15) is 42.2 Å². The Hall–Kier alpha value is -3.91. The van der Waals surface area contributed by atoms with Crippen LogP contribution in [-0.4, -0.2) is 63.7 Å². The van der Waals surface area contributed by atoms with Gasteiger partial charge in [0.25, 0.3) is 0 Å². The van der Waals surface area contributed by atoms with E-state index in [9.17, 15) is 10.2 Å². The van der Waals surface area contributed by atoms with Crippen LogP contribution < -0.4 is 15.1 Å². The quantitative estimate of drug-likeness (QED) is 0.271. The fraction of sp³-hybridized carbons (Fsp3) is 0.387. The van der Waals surface area contributed by atoms with Crippen molar-refractivity contribution in [2.75, 3.05) is 62.1 Å². The highest BCUT2D eigenvalue weighted by Crippen LogP contribution is 2.38. The van der Waals surface area contributed by atoms with Gasteiger partial charge in [-0.3, -0.25) is 0 Å². The summed E-state index contributed by atoms with van der Waals surface area (Å²) in [5.41, 5.74) is 6.32. The van der Waals surface area contributed by atoms with Crippen molar-refractivity contribution < 1.29 is 14.3 Å². The van der Waals surface area contributed by atoms with E-state index in [1.54, 1.807) is 13.0 Å². The van der Waals surface area contributed by atoms with E-state index in [-0.39, 0.29) is 18.2 Å². The molecular formula is C31H37N5O3. The molecule has 1 aliphatic carbocycles. The number of hydrogen-bond donors (Lipinski definition) is 2. The van der Waals surface area contributed by atoms with E-state index in [0.29, 0.717) is 11.5 Å². The second-order valence-electron chi connectivity index (χ2n) is 10.3. The number of nitrogens with one attached hydrogen (secondary N) is 2. The number of carbonyl (C=O) groups is 1. The number of aromatic nitrogens is 1. The van der Waals surface area contributed by atoms with Crippen LogP contribution in [0.25, 0.3) is 11.1 Å². The number of anilines is 4. The summed E-state index contributed by atoms with van der Waals surface area (Å²) in [7, 11) is 4.00. The van der Waals surface area contributed by atoms with Crippen LogP contribution in [0.2, 0.25) is 0 Å². The van der Waals surface area contributed by atoms with Gasteiger partial charge in [-0.2, -0.15) is 0 Å².